The highest BCUT2D eigenvalue weighted by Crippen LogP contribution is 2.06. The molecule has 1 rings (SSSR count). The van der Waals surface area contributed by atoms with Gasteiger partial charge in [0.05, 0.1) is 24.4 Å². The molecule has 0 radical (unpaired) electrons. The molecule has 1 aromatic rings. The number of carbonyl (C=O) groups is 1. The zero-order chi connectivity index (χ0) is 12.7. The Morgan fingerprint density at radius 3 is 3.00 bits per heavy atom. The quantitative estimate of drug-likeness (QED) is 0.824. The number of carbonyl (C=O) groups excluding carboxylic acids is 1. The van der Waals surface area contributed by atoms with Gasteiger partial charge in [0.15, 0.2) is 5.82 Å². The lowest BCUT2D eigenvalue weighted by molar-refractivity contribution is 0.0887. The van der Waals surface area contributed by atoms with Crippen LogP contribution in [0.5, 0.6) is 0 Å². The molecule has 1 amide bonds. The molecule has 1 atom stereocenters. The number of hydrogen-bond acceptors (Lipinski definition) is 3. The van der Waals surface area contributed by atoms with Crippen molar-refractivity contribution in [3.8, 4) is 0 Å². The molecule has 0 aliphatic carbocycles. The van der Waals surface area contributed by atoms with Crippen LogP contribution in [0, 0.1) is 5.82 Å². The van der Waals surface area contributed by atoms with Gasteiger partial charge in [-0.05, 0) is 12.5 Å². The third kappa shape index (κ3) is 4.11. The van der Waals surface area contributed by atoms with Gasteiger partial charge < -0.3 is 10.1 Å². The predicted molar refractivity (Wildman–Crippen MR) is 62.2 cm³/mol. The summed E-state index contributed by atoms with van der Waals surface area (Å²) in [6.07, 6.45) is 4.14. The van der Waals surface area contributed by atoms with Gasteiger partial charge in [0.1, 0.15) is 0 Å². The lowest BCUT2D eigenvalue weighted by atomic mass is 10.1. The molecule has 1 aromatic heterocycles. The molecule has 1 N–H and O–H groups in total. The molecule has 0 aliphatic heterocycles. The average molecular weight is 240 g/mol. The van der Waals surface area contributed by atoms with E-state index in [0.717, 1.165) is 19.0 Å². The fraction of sp³-hybridized carbons (Fsp3) is 0.500. The number of halogens is 1. The van der Waals surface area contributed by atoms with Crippen molar-refractivity contribution in [3.05, 3.63) is 29.8 Å². The highest BCUT2D eigenvalue weighted by atomic mass is 19.1. The molecule has 17 heavy (non-hydrogen) atoms. The van der Waals surface area contributed by atoms with E-state index < -0.39 is 11.7 Å². The molecule has 0 aliphatic rings. The Kier molecular flexibility index (Phi) is 5.56. The first-order valence-electron chi connectivity index (χ1n) is 5.58. The number of nitrogens with zero attached hydrogens (tertiary/aromatic N) is 1. The standard InChI is InChI=1S/C12H17FN2O2/c1-3-4-9(8-17-2)15-12(16)10-5-6-14-7-11(10)13/h5-7,9H,3-4,8H2,1-2H3,(H,15,16). The molecule has 0 saturated heterocycles. The summed E-state index contributed by atoms with van der Waals surface area (Å²) in [5.41, 5.74) is 0.0113. The average Bonchev–Trinajstić information content (AvgIpc) is 2.30. The number of ether oxygens (including phenoxy) is 1. The van der Waals surface area contributed by atoms with Crippen molar-refractivity contribution in [1.29, 1.82) is 0 Å². The molecule has 1 heterocycles. The summed E-state index contributed by atoms with van der Waals surface area (Å²) >= 11 is 0. The number of nitrogens with one attached hydrogen (secondary N) is 1. The lowest BCUT2D eigenvalue weighted by Crippen LogP contribution is -2.38. The van der Waals surface area contributed by atoms with Crippen LogP contribution in [0.15, 0.2) is 18.5 Å². The monoisotopic (exact) mass is 240 g/mol. The van der Waals surface area contributed by atoms with Gasteiger partial charge >= 0.3 is 0 Å². The SMILES string of the molecule is CCCC(COC)NC(=O)c1ccncc1F. The van der Waals surface area contributed by atoms with Crippen molar-refractivity contribution in [2.45, 2.75) is 25.8 Å². The maximum Gasteiger partial charge on any atom is 0.254 e. The summed E-state index contributed by atoms with van der Waals surface area (Å²) in [7, 11) is 1.57. The van der Waals surface area contributed by atoms with Crippen LogP contribution in [0.1, 0.15) is 30.1 Å². The van der Waals surface area contributed by atoms with Crippen LogP contribution in [-0.2, 0) is 4.74 Å². The van der Waals surface area contributed by atoms with Crippen molar-refractivity contribution in [1.82, 2.24) is 10.3 Å². The van der Waals surface area contributed by atoms with Crippen molar-refractivity contribution in [2.24, 2.45) is 0 Å². The fourth-order valence-electron chi connectivity index (χ4n) is 1.57. The molecular weight excluding hydrogens is 223 g/mol. The molecule has 4 nitrogen and oxygen atoms in total. The van der Waals surface area contributed by atoms with Gasteiger partial charge in [-0.15, -0.1) is 0 Å². The Balaban J connectivity index is 2.67. The summed E-state index contributed by atoms with van der Waals surface area (Å²) < 4.78 is 18.3. The zero-order valence-corrected chi connectivity index (χ0v) is 10.1. The molecule has 0 spiro atoms. The third-order valence-corrected chi connectivity index (χ3v) is 2.36. The number of aromatic nitrogens is 1. The highest BCUT2D eigenvalue weighted by Gasteiger charge is 2.15. The summed E-state index contributed by atoms with van der Waals surface area (Å²) in [5.74, 6) is -1.04. The van der Waals surface area contributed by atoms with Gasteiger partial charge in [-0.1, -0.05) is 13.3 Å². The summed E-state index contributed by atoms with van der Waals surface area (Å²) in [6.45, 7) is 2.44. The molecular formula is C12H17FN2O2. The molecule has 0 bridgehead atoms. The van der Waals surface area contributed by atoms with Crippen molar-refractivity contribution in [2.75, 3.05) is 13.7 Å². The van der Waals surface area contributed by atoms with Crippen LogP contribution >= 0.6 is 0 Å². The second kappa shape index (κ2) is 6.96. The van der Waals surface area contributed by atoms with Gasteiger partial charge in [-0.25, -0.2) is 4.39 Å². The van der Waals surface area contributed by atoms with Crippen molar-refractivity contribution >= 4 is 5.91 Å². The minimum absolute atomic E-state index is 0.0113. The molecule has 0 fully saturated rings. The first-order valence-corrected chi connectivity index (χ1v) is 5.58. The Morgan fingerprint density at radius 2 is 2.41 bits per heavy atom. The van der Waals surface area contributed by atoms with E-state index in [2.05, 4.69) is 10.3 Å². The van der Waals surface area contributed by atoms with Gasteiger partial charge in [-0.2, -0.15) is 0 Å². The maximum atomic E-state index is 13.3. The maximum absolute atomic E-state index is 13.3. The third-order valence-electron chi connectivity index (χ3n) is 2.36. The number of hydrogen-bond donors (Lipinski definition) is 1. The van der Waals surface area contributed by atoms with Crippen LogP contribution in [0.3, 0.4) is 0 Å². The lowest BCUT2D eigenvalue weighted by Gasteiger charge is -2.17. The van der Waals surface area contributed by atoms with Crippen LogP contribution in [0.4, 0.5) is 4.39 Å². The van der Waals surface area contributed by atoms with E-state index in [4.69, 9.17) is 4.74 Å². The Labute approximate surface area is 100 Å². The van der Waals surface area contributed by atoms with E-state index in [1.807, 2.05) is 6.92 Å². The van der Waals surface area contributed by atoms with Crippen molar-refractivity contribution < 1.29 is 13.9 Å². The second-order valence-electron chi connectivity index (χ2n) is 3.77. The van der Waals surface area contributed by atoms with Gasteiger partial charge in [0.2, 0.25) is 0 Å². The molecule has 0 saturated carbocycles. The van der Waals surface area contributed by atoms with E-state index in [-0.39, 0.29) is 11.6 Å². The van der Waals surface area contributed by atoms with E-state index in [1.165, 1.54) is 12.3 Å². The number of pyridine rings is 1. The predicted octanol–water partition coefficient (Wildman–Crippen LogP) is 1.77. The molecule has 94 valence electrons. The molecule has 1 unspecified atom stereocenters. The van der Waals surface area contributed by atoms with E-state index in [9.17, 15) is 9.18 Å². The number of amides is 1. The van der Waals surface area contributed by atoms with Crippen LogP contribution in [0.2, 0.25) is 0 Å². The van der Waals surface area contributed by atoms with Crippen LogP contribution in [0.25, 0.3) is 0 Å². The molecule has 0 aromatic carbocycles. The van der Waals surface area contributed by atoms with Gasteiger partial charge in [0, 0.05) is 13.3 Å². The number of rotatable bonds is 6. The van der Waals surface area contributed by atoms with E-state index >= 15 is 0 Å². The van der Waals surface area contributed by atoms with Crippen LogP contribution < -0.4 is 5.32 Å². The Hall–Kier alpha value is -1.49. The van der Waals surface area contributed by atoms with E-state index in [1.54, 1.807) is 7.11 Å². The summed E-state index contributed by atoms with van der Waals surface area (Å²) in [4.78, 5) is 15.4. The minimum atomic E-state index is -0.613. The van der Waals surface area contributed by atoms with Gasteiger partial charge in [0.25, 0.3) is 5.91 Å². The largest absolute Gasteiger partial charge is 0.383 e. The van der Waals surface area contributed by atoms with Gasteiger partial charge in [-0.3, -0.25) is 9.78 Å². The summed E-state index contributed by atoms with van der Waals surface area (Å²) in [5, 5.41) is 2.74. The zero-order valence-electron chi connectivity index (χ0n) is 10.1. The highest BCUT2D eigenvalue weighted by molar-refractivity contribution is 5.94. The Bertz CT molecular complexity index is 365. The number of methoxy groups -OCH3 is 1. The smallest absolute Gasteiger partial charge is 0.254 e. The first-order chi connectivity index (χ1) is 8.19. The normalized spacial score (nSPS) is 12.2. The summed E-state index contributed by atoms with van der Waals surface area (Å²) in [6, 6.07) is 1.27. The molecule has 5 heteroatoms. The topological polar surface area (TPSA) is 51.2 Å². The van der Waals surface area contributed by atoms with Crippen molar-refractivity contribution in [3.63, 3.8) is 0 Å². The van der Waals surface area contributed by atoms with E-state index in [0.29, 0.717) is 6.61 Å². The fourth-order valence-corrected chi connectivity index (χ4v) is 1.57. The minimum Gasteiger partial charge on any atom is -0.383 e. The first kappa shape index (κ1) is 13.6. The van der Waals surface area contributed by atoms with Crippen LogP contribution in [-0.4, -0.2) is 30.6 Å². The Morgan fingerprint density at radius 1 is 1.65 bits per heavy atom. The second-order valence-corrected chi connectivity index (χ2v) is 3.77.